The zero-order valence-electron chi connectivity index (χ0n) is 9.07. The lowest BCUT2D eigenvalue weighted by Crippen LogP contribution is -2.31. The first-order valence-electron chi connectivity index (χ1n) is 5.51. The molecule has 1 aliphatic heterocycles. The predicted octanol–water partition coefficient (Wildman–Crippen LogP) is 2.55. The topological polar surface area (TPSA) is 45.0 Å². The molecule has 1 atom stereocenters. The third kappa shape index (κ3) is 2.79. The van der Waals surface area contributed by atoms with E-state index >= 15 is 0 Å². The molecular weight excluding hydrogens is 178 g/mol. The number of carbonyl (C=O) groups is 1. The summed E-state index contributed by atoms with van der Waals surface area (Å²) in [5.41, 5.74) is 0. The van der Waals surface area contributed by atoms with Crippen LogP contribution in [-0.4, -0.2) is 23.5 Å². The molecule has 1 rings (SSSR count). The normalized spacial score (nSPS) is 20.9. The number of rotatable bonds is 6. The zero-order valence-corrected chi connectivity index (χ0v) is 9.07. The van der Waals surface area contributed by atoms with Crippen LogP contribution >= 0.6 is 0 Å². The van der Waals surface area contributed by atoms with Crippen molar-refractivity contribution in [3.05, 3.63) is 0 Å². The maximum absolute atomic E-state index is 11.3. The molecule has 0 aromatic rings. The lowest BCUT2D eigenvalue weighted by atomic mass is 10.1. The Morgan fingerprint density at radius 1 is 1.29 bits per heavy atom. The minimum Gasteiger partial charge on any atom is -0.268 e. The van der Waals surface area contributed by atoms with Crippen molar-refractivity contribution in [3.63, 3.8) is 0 Å². The van der Waals surface area contributed by atoms with Gasteiger partial charge in [-0.3, -0.25) is 9.80 Å². The molecule has 0 radical (unpaired) electrons. The molecule has 80 valence electrons. The van der Waals surface area contributed by atoms with E-state index in [1.165, 1.54) is 19.3 Å². The van der Waals surface area contributed by atoms with Gasteiger partial charge in [-0.05, 0) is 13.3 Å². The van der Waals surface area contributed by atoms with Gasteiger partial charge in [-0.15, -0.1) is 0 Å². The summed E-state index contributed by atoms with van der Waals surface area (Å²) in [5.74, 6) is -0.0663. The molecule has 1 aliphatic rings. The summed E-state index contributed by atoms with van der Waals surface area (Å²) >= 11 is 0. The van der Waals surface area contributed by atoms with Crippen molar-refractivity contribution in [1.82, 2.24) is 5.01 Å². The fourth-order valence-corrected chi connectivity index (χ4v) is 1.68. The van der Waals surface area contributed by atoms with Crippen LogP contribution in [0, 0.1) is 0 Å². The minimum atomic E-state index is -0.0724. The predicted molar refractivity (Wildman–Crippen MR) is 54.8 cm³/mol. The number of nitrogens with zero attached hydrogens (tertiary/aromatic N) is 3. The van der Waals surface area contributed by atoms with Crippen LogP contribution in [0.25, 0.3) is 0 Å². The van der Waals surface area contributed by atoms with Crippen molar-refractivity contribution in [1.29, 1.82) is 0 Å². The summed E-state index contributed by atoms with van der Waals surface area (Å²) in [7, 11) is 0. The van der Waals surface area contributed by atoms with Crippen LogP contribution in [0.3, 0.4) is 0 Å². The molecule has 0 fully saturated rings. The van der Waals surface area contributed by atoms with E-state index in [2.05, 4.69) is 17.3 Å². The van der Waals surface area contributed by atoms with Crippen LogP contribution < -0.4 is 0 Å². The Balaban J connectivity index is 2.25. The Hall–Kier alpha value is -0.930. The molecule has 0 aromatic carbocycles. The smallest absolute Gasteiger partial charge is 0.268 e. The van der Waals surface area contributed by atoms with Crippen LogP contribution in [0.1, 0.15) is 46.0 Å². The second-order valence-electron chi connectivity index (χ2n) is 3.65. The van der Waals surface area contributed by atoms with Gasteiger partial charge >= 0.3 is 0 Å². The molecular formula is C10H19N3O. The lowest BCUT2D eigenvalue weighted by molar-refractivity contribution is -0.120. The van der Waals surface area contributed by atoms with Gasteiger partial charge in [0.2, 0.25) is 0 Å². The van der Waals surface area contributed by atoms with Gasteiger partial charge in [-0.1, -0.05) is 42.9 Å². The Morgan fingerprint density at radius 2 is 2.07 bits per heavy atom. The van der Waals surface area contributed by atoms with Crippen molar-refractivity contribution < 1.29 is 4.79 Å². The third-order valence-corrected chi connectivity index (χ3v) is 2.56. The van der Waals surface area contributed by atoms with Crippen molar-refractivity contribution in [2.45, 2.75) is 52.0 Å². The zero-order chi connectivity index (χ0) is 10.4. The highest BCUT2D eigenvalue weighted by atomic mass is 16.2. The van der Waals surface area contributed by atoms with Gasteiger partial charge in [0.1, 0.15) is 6.04 Å². The molecule has 1 amide bonds. The van der Waals surface area contributed by atoms with Gasteiger partial charge in [0.05, 0.1) is 0 Å². The minimum absolute atomic E-state index is 0.0663. The molecule has 4 nitrogen and oxygen atoms in total. The van der Waals surface area contributed by atoms with Crippen molar-refractivity contribution in [2.75, 3.05) is 6.54 Å². The van der Waals surface area contributed by atoms with Crippen LogP contribution in [0.5, 0.6) is 0 Å². The van der Waals surface area contributed by atoms with E-state index in [0.29, 0.717) is 0 Å². The number of unbranched alkanes of at least 4 members (excludes halogenated alkanes) is 3. The first kappa shape index (κ1) is 11.1. The van der Waals surface area contributed by atoms with E-state index in [9.17, 15) is 4.79 Å². The van der Waals surface area contributed by atoms with Crippen molar-refractivity contribution >= 4 is 5.91 Å². The summed E-state index contributed by atoms with van der Waals surface area (Å²) < 4.78 is 0. The van der Waals surface area contributed by atoms with E-state index in [0.717, 1.165) is 19.4 Å². The standard InChI is InChI=1S/C10H19N3O/c1-3-5-6-7-8-9-10(14)11-12-13(9)4-2/h9H,3-8H2,1-2H3. The average molecular weight is 197 g/mol. The second-order valence-corrected chi connectivity index (χ2v) is 3.65. The summed E-state index contributed by atoms with van der Waals surface area (Å²) in [5, 5.41) is 9.19. The molecule has 0 saturated heterocycles. The molecule has 0 aromatic heterocycles. The molecule has 4 heteroatoms. The van der Waals surface area contributed by atoms with Crippen LogP contribution in [0.2, 0.25) is 0 Å². The quantitative estimate of drug-likeness (QED) is 0.614. The Morgan fingerprint density at radius 3 is 2.71 bits per heavy atom. The largest absolute Gasteiger partial charge is 0.290 e. The summed E-state index contributed by atoms with van der Waals surface area (Å²) in [6.07, 6.45) is 5.69. The molecule has 0 N–H and O–H groups in total. The average Bonchev–Trinajstić information content (AvgIpc) is 2.55. The Bertz CT molecular complexity index is 215. The molecule has 1 unspecified atom stereocenters. The third-order valence-electron chi connectivity index (χ3n) is 2.56. The summed E-state index contributed by atoms with van der Waals surface area (Å²) in [6.45, 7) is 4.95. The molecule has 1 heterocycles. The number of carbonyl (C=O) groups excluding carboxylic acids is 1. The molecule has 0 saturated carbocycles. The maximum Gasteiger partial charge on any atom is 0.290 e. The van der Waals surface area contributed by atoms with E-state index in [4.69, 9.17) is 0 Å². The number of hydrogen-bond acceptors (Lipinski definition) is 3. The summed E-state index contributed by atoms with van der Waals surface area (Å²) in [4.78, 5) is 11.3. The van der Waals surface area contributed by atoms with Gasteiger partial charge in [0, 0.05) is 6.54 Å². The molecule has 14 heavy (non-hydrogen) atoms. The van der Waals surface area contributed by atoms with Gasteiger partial charge in [0.25, 0.3) is 5.91 Å². The molecule has 0 aliphatic carbocycles. The van der Waals surface area contributed by atoms with Gasteiger partial charge in [-0.2, -0.15) is 0 Å². The highest BCUT2D eigenvalue weighted by Gasteiger charge is 2.28. The summed E-state index contributed by atoms with van der Waals surface area (Å²) in [6, 6.07) is -0.0724. The second kappa shape index (κ2) is 5.73. The first-order valence-corrected chi connectivity index (χ1v) is 5.51. The lowest BCUT2D eigenvalue weighted by Gasteiger charge is -2.17. The van der Waals surface area contributed by atoms with Crippen LogP contribution in [0.15, 0.2) is 10.3 Å². The monoisotopic (exact) mass is 197 g/mol. The Labute approximate surface area is 85.4 Å². The van der Waals surface area contributed by atoms with Gasteiger partial charge < -0.3 is 0 Å². The van der Waals surface area contributed by atoms with Gasteiger partial charge in [-0.25, -0.2) is 0 Å². The van der Waals surface area contributed by atoms with Crippen molar-refractivity contribution in [3.8, 4) is 0 Å². The Kier molecular flexibility index (Phi) is 4.56. The van der Waals surface area contributed by atoms with Gasteiger partial charge in [0.15, 0.2) is 0 Å². The number of likely N-dealkylation sites (N-methyl/N-ethyl adjacent to an activating group) is 1. The fraction of sp³-hybridized carbons (Fsp3) is 0.900. The molecule has 0 spiro atoms. The number of amides is 1. The van der Waals surface area contributed by atoms with E-state index in [1.807, 2.05) is 6.92 Å². The van der Waals surface area contributed by atoms with Crippen molar-refractivity contribution in [2.24, 2.45) is 10.3 Å². The first-order chi connectivity index (χ1) is 6.79. The van der Waals surface area contributed by atoms with Crippen LogP contribution in [-0.2, 0) is 4.79 Å². The van der Waals surface area contributed by atoms with E-state index in [1.54, 1.807) is 5.01 Å². The maximum atomic E-state index is 11.3. The number of hydrogen-bond donors (Lipinski definition) is 0. The highest BCUT2D eigenvalue weighted by molar-refractivity contribution is 5.83. The highest BCUT2D eigenvalue weighted by Crippen LogP contribution is 2.17. The fourth-order valence-electron chi connectivity index (χ4n) is 1.68. The van der Waals surface area contributed by atoms with E-state index < -0.39 is 0 Å². The van der Waals surface area contributed by atoms with Crippen LogP contribution in [0.4, 0.5) is 0 Å². The molecule has 0 bridgehead atoms. The SMILES string of the molecule is CCCCCCC1C(=O)N=NN1CC. The van der Waals surface area contributed by atoms with E-state index in [-0.39, 0.29) is 11.9 Å².